The van der Waals surface area contributed by atoms with Crippen LogP contribution in [0.5, 0.6) is 0 Å². The number of nitrogens with zero attached hydrogens (tertiary/aromatic N) is 2. The third-order valence-corrected chi connectivity index (χ3v) is 4.44. The lowest BCUT2D eigenvalue weighted by atomic mass is 10.3. The number of nitrogens with one attached hydrogen (secondary N) is 1. The normalized spacial score (nSPS) is 14.5. The molecule has 0 bridgehead atoms. The Labute approximate surface area is 123 Å². The van der Waals surface area contributed by atoms with Gasteiger partial charge in [-0.05, 0) is 38.8 Å². The molecule has 1 fully saturated rings. The molecule has 0 unspecified atom stereocenters. The Balaban J connectivity index is 1.83. The van der Waals surface area contributed by atoms with E-state index in [4.69, 9.17) is 9.40 Å². The first-order chi connectivity index (χ1) is 9.78. The number of aromatic nitrogens is 2. The molecule has 0 aliphatic heterocycles. The summed E-state index contributed by atoms with van der Waals surface area (Å²) in [6.07, 6.45) is 4.15. The van der Waals surface area contributed by atoms with Gasteiger partial charge >= 0.3 is 0 Å². The van der Waals surface area contributed by atoms with Gasteiger partial charge in [0, 0.05) is 18.0 Å². The maximum Gasteiger partial charge on any atom is 0.135 e. The van der Waals surface area contributed by atoms with Crippen LogP contribution in [-0.2, 0) is 5.75 Å². The van der Waals surface area contributed by atoms with Crippen molar-refractivity contribution in [3.05, 3.63) is 35.5 Å². The van der Waals surface area contributed by atoms with Gasteiger partial charge < -0.3 is 9.73 Å². The standard InChI is InChI=1S/C15H19N3OS/c1-3-16-13-10(2)15(18-14(17-13)11-6-7-11)20-9-12-5-4-8-19-12/h4-5,8,11H,3,6-7,9H2,1-2H3,(H,16,17,18). The van der Waals surface area contributed by atoms with E-state index in [0.717, 1.165) is 40.3 Å². The van der Waals surface area contributed by atoms with Crippen LogP contribution in [-0.4, -0.2) is 16.5 Å². The predicted molar refractivity (Wildman–Crippen MR) is 81.2 cm³/mol. The Morgan fingerprint density at radius 1 is 1.40 bits per heavy atom. The molecule has 0 atom stereocenters. The second kappa shape index (κ2) is 5.87. The quantitative estimate of drug-likeness (QED) is 0.644. The summed E-state index contributed by atoms with van der Waals surface area (Å²) in [6, 6.07) is 3.92. The van der Waals surface area contributed by atoms with Crippen molar-refractivity contribution >= 4 is 17.6 Å². The zero-order valence-electron chi connectivity index (χ0n) is 11.8. The van der Waals surface area contributed by atoms with Crippen molar-refractivity contribution < 1.29 is 4.42 Å². The van der Waals surface area contributed by atoms with Gasteiger partial charge in [0.2, 0.25) is 0 Å². The van der Waals surface area contributed by atoms with E-state index in [2.05, 4.69) is 24.1 Å². The highest BCUT2D eigenvalue weighted by Crippen LogP contribution is 2.40. The molecule has 5 heteroatoms. The SMILES string of the molecule is CCNc1nc(C2CC2)nc(SCc2ccco2)c1C. The topological polar surface area (TPSA) is 51.0 Å². The molecule has 2 aromatic rings. The zero-order valence-corrected chi connectivity index (χ0v) is 12.7. The van der Waals surface area contributed by atoms with E-state index in [1.165, 1.54) is 12.8 Å². The first kappa shape index (κ1) is 13.5. The molecular formula is C15H19N3OS. The zero-order chi connectivity index (χ0) is 13.9. The molecule has 0 aromatic carbocycles. The van der Waals surface area contributed by atoms with Crippen LogP contribution >= 0.6 is 11.8 Å². The van der Waals surface area contributed by atoms with Crippen LogP contribution in [0.3, 0.4) is 0 Å². The lowest BCUT2D eigenvalue weighted by Gasteiger charge is -2.12. The summed E-state index contributed by atoms with van der Waals surface area (Å²) in [5, 5.41) is 4.41. The minimum Gasteiger partial charge on any atom is -0.468 e. The Morgan fingerprint density at radius 2 is 2.25 bits per heavy atom. The monoisotopic (exact) mass is 289 g/mol. The molecule has 0 spiro atoms. The van der Waals surface area contributed by atoms with E-state index in [9.17, 15) is 0 Å². The van der Waals surface area contributed by atoms with Gasteiger partial charge in [0.15, 0.2) is 0 Å². The van der Waals surface area contributed by atoms with Gasteiger partial charge in [-0.2, -0.15) is 0 Å². The largest absolute Gasteiger partial charge is 0.468 e. The number of hydrogen-bond donors (Lipinski definition) is 1. The van der Waals surface area contributed by atoms with Crippen molar-refractivity contribution in [3.63, 3.8) is 0 Å². The van der Waals surface area contributed by atoms with E-state index in [1.807, 2.05) is 12.1 Å². The summed E-state index contributed by atoms with van der Waals surface area (Å²) < 4.78 is 5.38. The summed E-state index contributed by atoms with van der Waals surface area (Å²) in [6.45, 7) is 5.05. The Morgan fingerprint density at radius 3 is 2.90 bits per heavy atom. The van der Waals surface area contributed by atoms with Crippen LogP contribution < -0.4 is 5.32 Å². The van der Waals surface area contributed by atoms with Gasteiger partial charge in [-0.3, -0.25) is 0 Å². The average molecular weight is 289 g/mol. The highest BCUT2D eigenvalue weighted by molar-refractivity contribution is 7.98. The fourth-order valence-corrected chi connectivity index (χ4v) is 2.97. The van der Waals surface area contributed by atoms with Gasteiger partial charge in [0.1, 0.15) is 22.4 Å². The second-order valence-corrected chi connectivity index (χ2v) is 6.00. The van der Waals surface area contributed by atoms with Gasteiger partial charge in [0.25, 0.3) is 0 Å². The maximum atomic E-state index is 5.38. The molecule has 2 heterocycles. The van der Waals surface area contributed by atoms with E-state index < -0.39 is 0 Å². The van der Waals surface area contributed by atoms with Crippen LogP contribution in [0.25, 0.3) is 0 Å². The smallest absolute Gasteiger partial charge is 0.135 e. The molecule has 4 nitrogen and oxygen atoms in total. The molecule has 1 aliphatic rings. The summed E-state index contributed by atoms with van der Waals surface area (Å²) in [5.74, 6) is 4.32. The van der Waals surface area contributed by atoms with E-state index in [0.29, 0.717) is 5.92 Å². The van der Waals surface area contributed by atoms with Crippen LogP contribution in [0.2, 0.25) is 0 Å². The molecule has 1 aliphatic carbocycles. The van der Waals surface area contributed by atoms with Crippen LogP contribution in [0, 0.1) is 6.92 Å². The average Bonchev–Trinajstić information content (AvgIpc) is 3.17. The first-order valence-corrected chi connectivity index (χ1v) is 8.04. The highest BCUT2D eigenvalue weighted by Gasteiger charge is 2.28. The van der Waals surface area contributed by atoms with Crippen molar-refractivity contribution in [2.75, 3.05) is 11.9 Å². The second-order valence-electron chi connectivity index (χ2n) is 5.03. The van der Waals surface area contributed by atoms with Crippen molar-refractivity contribution in [1.82, 2.24) is 9.97 Å². The summed E-state index contributed by atoms with van der Waals surface area (Å²) in [5.41, 5.74) is 1.13. The fourth-order valence-electron chi connectivity index (χ4n) is 2.05. The summed E-state index contributed by atoms with van der Waals surface area (Å²) in [4.78, 5) is 9.42. The van der Waals surface area contributed by atoms with Crippen molar-refractivity contribution in [3.8, 4) is 0 Å². The van der Waals surface area contributed by atoms with Crippen LogP contribution in [0.4, 0.5) is 5.82 Å². The molecule has 0 radical (unpaired) electrons. The number of furan rings is 1. The highest BCUT2D eigenvalue weighted by atomic mass is 32.2. The summed E-state index contributed by atoms with van der Waals surface area (Å²) >= 11 is 1.72. The molecule has 0 saturated heterocycles. The van der Waals surface area contributed by atoms with Crippen molar-refractivity contribution in [2.24, 2.45) is 0 Å². The number of thioether (sulfide) groups is 1. The Bertz CT molecular complexity index is 579. The van der Waals surface area contributed by atoms with Gasteiger partial charge in [-0.15, -0.1) is 0 Å². The van der Waals surface area contributed by atoms with Gasteiger partial charge in [-0.1, -0.05) is 11.8 Å². The Kier molecular flexibility index (Phi) is 3.96. The molecule has 3 rings (SSSR count). The summed E-state index contributed by atoms with van der Waals surface area (Å²) in [7, 11) is 0. The minimum atomic E-state index is 0.566. The predicted octanol–water partition coefficient (Wildman–Crippen LogP) is 3.98. The molecule has 106 valence electrons. The third-order valence-electron chi connectivity index (χ3n) is 3.34. The number of anilines is 1. The number of hydrogen-bond acceptors (Lipinski definition) is 5. The van der Waals surface area contributed by atoms with E-state index in [1.54, 1.807) is 18.0 Å². The molecule has 1 N–H and O–H groups in total. The van der Waals surface area contributed by atoms with Gasteiger partial charge in [-0.25, -0.2) is 9.97 Å². The molecule has 2 aromatic heterocycles. The number of rotatable bonds is 6. The molecular weight excluding hydrogens is 270 g/mol. The van der Waals surface area contributed by atoms with Gasteiger partial charge in [0.05, 0.1) is 12.0 Å². The third kappa shape index (κ3) is 2.98. The van der Waals surface area contributed by atoms with Crippen LogP contribution in [0.1, 0.15) is 42.8 Å². The first-order valence-electron chi connectivity index (χ1n) is 7.05. The molecule has 1 saturated carbocycles. The molecule has 20 heavy (non-hydrogen) atoms. The lowest BCUT2D eigenvalue weighted by Crippen LogP contribution is -2.07. The van der Waals surface area contributed by atoms with Crippen molar-refractivity contribution in [1.29, 1.82) is 0 Å². The van der Waals surface area contributed by atoms with E-state index >= 15 is 0 Å². The van der Waals surface area contributed by atoms with Crippen LogP contribution in [0.15, 0.2) is 27.8 Å². The lowest BCUT2D eigenvalue weighted by molar-refractivity contribution is 0.530. The molecule has 0 amide bonds. The minimum absolute atomic E-state index is 0.566. The maximum absolute atomic E-state index is 5.38. The van der Waals surface area contributed by atoms with Crippen molar-refractivity contribution in [2.45, 2.75) is 43.4 Å². The Hall–Kier alpha value is -1.49. The van der Waals surface area contributed by atoms with E-state index in [-0.39, 0.29) is 0 Å². The fraction of sp³-hybridized carbons (Fsp3) is 0.467.